The first-order chi connectivity index (χ1) is 38.0. The minimum Gasteiger partial charge on any atom is -0.462 e. The first-order valence-electron chi connectivity index (χ1n) is 31.7. The number of hydrogen-bond donors (Lipinski definition) is 0. The Morgan fingerprint density at radius 2 is 0.506 bits per heavy atom. The highest BCUT2D eigenvalue weighted by atomic mass is 16.6. The van der Waals surface area contributed by atoms with Crippen LogP contribution in [-0.4, -0.2) is 37.2 Å². The fraction of sp³-hybridized carbons (Fsp3) is 0.648. The number of ether oxygens (including phenoxy) is 3. The summed E-state index contributed by atoms with van der Waals surface area (Å²) < 4.78 is 16.9. The van der Waals surface area contributed by atoms with Crippen molar-refractivity contribution in [3.8, 4) is 0 Å². The van der Waals surface area contributed by atoms with Crippen LogP contribution in [0.15, 0.2) is 134 Å². The van der Waals surface area contributed by atoms with E-state index in [1.165, 1.54) is 89.9 Å². The Bertz CT molecular complexity index is 1650. The Kier molecular flexibility index (Phi) is 60.4. The molecule has 0 amide bonds. The van der Waals surface area contributed by atoms with E-state index in [2.05, 4.69) is 154 Å². The van der Waals surface area contributed by atoms with Gasteiger partial charge in [-0.25, -0.2) is 0 Å². The molecule has 0 aromatic heterocycles. The zero-order valence-electron chi connectivity index (χ0n) is 49.9. The van der Waals surface area contributed by atoms with Gasteiger partial charge in [0.25, 0.3) is 0 Å². The quantitative estimate of drug-likeness (QED) is 0.0261. The average molecular weight is 1070 g/mol. The molecule has 0 aromatic rings. The van der Waals surface area contributed by atoms with Crippen molar-refractivity contribution in [1.29, 1.82) is 0 Å². The molecule has 0 aliphatic heterocycles. The fourth-order valence-electron chi connectivity index (χ4n) is 8.41. The van der Waals surface area contributed by atoms with Crippen LogP contribution in [0, 0.1) is 0 Å². The molecular formula is C71H116O6. The van der Waals surface area contributed by atoms with Gasteiger partial charge in [0.05, 0.1) is 0 Å². The van der Waals surface area contributed by atoms with Crippen LogP contribution in [0.1, 0.15) is 278 Å². The second-order valence-corrected chi connectivity index (χ2v) is 20.6. The normalized spacial score (nSPS) is 13.0. The van der Waals surface area contributed by atoms with E-state index in [0.29, 0.717) is 19.3 Å². The summed E-state index contributed by atoms with van der Waals surface area (Å²) in [6.07, 6.45) is 90.2. The zero-order valence-corrected chi connectivity index (χ0v) is 49.9. The Morgan fingerprint density at radius 3 is 0.818 bits per heavy atom. The number of rotatable bonds is 56. The van der Waals surface area contributed by atoms with Crippen LogP contribution in [0.3, 0.4) is 0 Å². The summed E-state index contributed by atoms with van der Waals surface area (Å²) in [7, 11) is 0. The van der Waals surface area contributed by atoms with Crippen LogP contribution in [-0.2, 0) is 28.6 Å². The average Bonchev–Trinajstić information content (AvgIpc) is 3.43. The van der Waals surface area contributed by atoms with Crippen molar-refractivity contribution in [2.24, 2.45) is 0 Å². The monoisotopic (exact) mass is 1060 g/mol. The Hall–Kier alpha value is -4.45. The van der Waals surface area contributed by atoms with Gasteiger partial charge in [-0.3, -0.25) is 14.4 Å². The lowest BCUT2D eigenvalue weighted by molar-refractivity contribution is -0.167. The first-order valence-corrected chi connectivity index (χ1v) is 31.7. The van der Waals surface area contributed by atoms with Gasteiger partial charge in [-0.2, -0.15) is 0 Å². The van der Waals surface area contributed by atoms with Gasteiger partial charge in [0.15, 0.2) is 6.10 Å². The van der Waals surface area contributed by atoms with Gasteiger partial charge in [0.1, 0.15) is 13.2 Å². The van der Waals surface area contributed by atoms with Crippen molar-refractivity contribution >= 4 is 17.9 Å². The maximum atomic E-state index is 12.9. The van der Waals surface area contributed by atoms with Crippen molar-refractivity contribution < 1.29 is 28.6 Å². The minimum atomic E-state index is -0.802. The molecule has 0 spiro atoms. The predicted molar refractivity (Wildman–Crippen MR) is 334 cm³/mol. The van der Waals surface area contributed by atoms with Crippen molar-refractivity contribution in [2.45, 2.75) is 284 Å². The SMILES string of the molecule is CC/C=C\C/C=C\C/C=C\C/C=C\C/C=C\C/C=C\C/C=C\C/C=C\C/C=C\CCCCCC(=O)OCC(COC(=O)CCCCCCCCCCCCCC)OC(=O)CCCCCCC/C=C\C/C=C\CCCCCC. The van der Waals surface area contributed by atoms with E-state index in [9.17, 15) is 14.4 Å². The van der Waals surface area contributed by atoms with E-state index in [1.807, 2.05) is 0 Å². The number of esters is 3. The molecule has 6 heteroatoms. The molecular weight excluding hydrogens is 949 g/mol. The maximum absolute atomic E-state index is 12.9. The second kappa shape index (κ2) is 64.1. The Morgan fingerprint density at radius 1 is 0.273 bits per heavy atom. The minimum absolute atomic E-state index is 0.0956. The van der Waals surface area contributed by atoms with Gasteiger partial charge in [-0.05, 0) is 122 Å². The molecule has 0 saturated carbocycles. The summed E-state index contributed by atoms with van der Waals surface area (Å²) >= 11 is 0. The number of hydrogen-bond acceptors (Lipinski definition) is 6. The van der Waals surface area contributed by atoms with Gasteiger partial charge in [-0.15, -0.1) is 0 Å². The molecule has 0 radical (unpaired) electrons. The molecule has 0 N–H and O–H groups in total. The molecule has 0 aliphatic carbocycles. The summed E-state index contributed by atoms with van der Waals surface area (Å²) in [5.74, 6) is -0.943. The lowest BCUT2D eigenvalue weighted by Crippen LogP contribution is -2.30. The van der Waals surface area contributed by atoms with Crippen LogP contribution in [0.5, 0.6) is 0 Å². The fourth-order valence-corrected chi connectivity index (χ4v) is 8.41. The van der Waals surface area contributed by atoms with E-state index in [1.54, 1.807) is 0 Å². The second-order valence-electron chi connectivity index (χ2n) is 20.6. The van der Waals surface area contributed by atoms with Crippen LogP contribution in [0.2, 0.25) is 0 Å². The van der Waals surface area contributed by atoms with Crippen LogP contribution < -0.4 is 0 Å². The van der Waals surface area contributed by atoms with Crippen molar-refractivity contribution in [2.75, 3.05) is 13.2 Å². The summed E-state index contributed by atoms with van der Waals surface area (Å²) in [5.41, 5.74) is 0. The standard InChI is InChI=1S/C71H116O6/c1-4-7-10-13-16-19-22-25-27-29-30-31-32-33-34-35-36-37-38-39-40-41-42-43-45-46-49-52-55-58-61-64-70(73)76-67-68(66-75-69(72)63-60-57-54-51-48-24-21-18-15-12-9-6-3)77-71(74)65-62-59-56-53-50-47-44-28-26-23-20-17-14-11-8-5-2/h7,10,16,19-20,23,25,27-28,30-31,33-34,36-37,39-40,42-44,46,49,68H,4-6,8-9,11-15,17-18,21-22,24,26,29,32,35,38,41,45,47-48,50-67H2,1-3H3/b10-7-,19-16-,23-20-,27-25-,31-30-,34-33-,37-36-,40-39-,43-42-,44-28-,49-46-. The van der Waals surface area contributed by atoms with Crippen molar-refractivity contribution in [3.63, 3.8) is 0 Å². The van der Waals surface area contributed by atoms with E-state index in [4.69, 9.17) is 14.2 Å². The molecule has 1 atom stereocenters. The Labute approximate surface area is 475 Å². The van der Waals surface area contributed by atoms with Gasteiger partial charge < -0.3 is 14.2 Å². The summed E-state index contributed by atoms with van der Waals surface area (Å²) in [6, 6.07) is 0. The van der Waals surface area contributed by atoms with E-state index in [-0.39, 0.29) is 31.1 Å². The topological polar surface area (TPSA) is 78.9 Å². The van der Waals surface area contributed by atoms with Gasteiger partial charge in [-0.1, -0.05) is 270 Å². The van der Waals surface area contributed by atoms with Crippen molar-refractivity contribution in [1.82, 2.24) is 0 Å². The summed E-state index contributed by atoms with van der Waals surface area (Å²) in [5, 5.41) is 0. The van der Waals surface area contributed by atoms with E-state index < -0.39 is 6.10 Å². The number of allylic oxidation sites excluding steroid dienone is 22. The Balaban J connectivity index is 4.38. The molecule has 1 unspecified atom stereocenters. The number of unbranched alkanes of at least 4 members (excludes halogenated alkanes) is 23. The first kappa shape index (κ1) is 72.5. The highest BCUT2D eigenvalue weighted by molar-refractivity contribution is 5.71. The van der Waals surface area contributed by atoms with Crippen LogP contribution >= 0.6 is 0 Å². The third-order valence-electron chi connectivity index (χ3n) is 13.1. The van der Waals surface area contributed by atoms with Crippen molar-refractivity contribution in [3.05, 3.63) is 134 Å². The third-order valence-corrected chi connectivity index (χ3v) is 13.1. The molecule has 0 aliphatic rings. The molecule has 0 heterocycles. The van der Waals surface area contributed by atoms with Gasteiger partial charge >= 0.3 is 17.9 Å². The molecule has 0 aromatic carbocycles. The molecule has 77 heavy (non-hydrogen) atoms. The molecule has 436 valence electrons. The zero-order chi connectivity index (χ0) is 55.7. The molecule has 0 fully saturated rings. The van der Waals surface area contributed by atoms with E-state index >= 15 is 0 Å². The highest BCUT2D eigenvalue weighted by Crippen LogP contribution is 2.15. The lowest BCUT2D eigenvalue weighted by atomic mass is 10.0. The predicted octanol–water partition coefficient (Wildman–Crippen LogP) is 21.8. The van der Waals surface area contributed by atoms with E-state index in [0.717, 1.165) is 148 Å². The summed E-state index contributed by atoms with van der Waals surface area (Å²) in [6.45, 7) is 6.47. The lowest BCUT2D eigenvalue weighted by Gasteiger charge is -2.18. The largest absolute Gasteiger partial charge is 0.462 e. The maximum Gasteiger partial charge on any atom is 0.306 e. The van der Waals surface area contributed by atoms with Crippen LogP contribution in [0.25, 0.3) is 0 Å². The molecule has 0 saturated heterocycles. The molecule has 6 nitrogen and oxygen atoms in total. The number of carbonyl (C=O) groups is 3. The molecule has 0 bridgehead atoms. The van der Waals surface area contributed by atoms with Crippen LogP contribution in [0.4, 0.5) is 0 Å². The smallest absolute Gasteiger partial charge is 0.306 e. The number of carbonyl (C=O) groups excluding carboxylic acids is 3. The molecule has 0 rings (SSSR count). The highest BCUT2D eigenvalue weighted by Gasteiger charge is 2.19. The van der Waals surface area contributed by atoms with Gasteiger partial charge in [0.2, 0.25) is 0 Å². The third kappa shape index (κ3) is 62.3. The summed E-state index contributed by atoms with van der Waals surface area (Å²) in [4.78, 5) is 38.2. The van der Waals surface area contributed by atoms with Gasteiger partial charge in [0, 0.05) is 19.3 Å².